The van der Waals surface area contributed by atoms with Crippen LogP contribution < -0.4 is 10.2 Å². The zero-order chi connectivity index (χ0) is 22.0. The summed E-state index contributed by atoms with van der Waals surface area (Å²) in [6.07, 6.45) is 0.830. The van der Waals surface area contributed by atoms with E-state index in [0.717, 1.165) is 16.8 Å². The van der Waals surface area contributed by atoms with Crippen molar-refractivity contribution in [3.63, 3.8) is 0 Å². The van der Waals surface area contributed by atoms with Gasteiger partial charge in [-0.3, -0.25) is 9.59 Å². The lowest BCUT2D eigenvalue weighted by Crippen LogP contribution is -2.41. The molecule has 2 heterocycles. The molecule has 1 saturated heterocycles. The Hall–Kier alpha value is -2.71. The summed E-state index contributed by atoms with van der Waals surface area (Å²) < 4.78 is 26.9. The van der Waals surface area contributed by atoms with E-state index in [1.54, 1.807) is 4.90 Å². The maximum Gasteiger partial charge on any atom is 0.227 e. The first-order valence-electron chi connectivity index (χ1n) is 10.5. The first kappa shape index (κ1) is 21.5. The van der Waals surface area contributed by atoms with Crippen LogP contribution in [0.3, 0.4) is 0 Å². The molecular formula is C23H27N3O4S. The minimum Gasteiger partial charge on any atom is -0.355 e. The predicted molar refractivity (Wildman–Crippen MR) is 119 cm³/mol. The summed E-state index contributed by atoms with van der Waals surface area (Å²) in [5.74, 6) is -0.993. The van der Waals surface area contributed by atoms with Crippen molar-refractivity contribution < 1.29 is 18.0 Å². The highest BCUT2D eigenvalue weighted by molar-refractivity contribution is 7.89. The summed E-state index contributed by atoms with van der Waals surface area (Å²) in [7, 11) is -3.47. The minimum absolute atomic E-state index is 0.0362. The van der Waals surface area contributed by atoms with E-state index >= 15 is 0 Å². The van der Waals surface area contributed by atoms with Gasteiger partial charge in [0, 0.05) is 38.3 Å². The zero-order valence-corrected chi connectivity index (χ0v) is 18.4. The molecule has 2 aromatic rings. The number of nitrogens with one attached hydrogen (secondary N) is 1. The number of fused-ring (bicyclic) bond motifs is 1. The zero-order valence-electron chi connectivity index (χ0n) is 17.6. The fourth-order valence-corrected chi connectivity index (χ4v) is 5.46. The summed E-state index contributed by atoms with van der Waals surface area (Å²) in [4.78, 5) is 26.5. The van der Waals surface area contributed by atoms with Crippen LogP contribution in [0.5, 0.6) is 0 Å². The maximum atomic E-state index is 12.7. The molecule has 0 saturated carbocycles. The van der Waals surface area contributed by atoms with E-state index in [-0.39, 0.29) is 30.5 Å². The standard InChI is InChI=1S/C23H27N3O4S/c1-17-6-8-21(9-7-17)26-16-20(14-22(26)27)23(28)24-11-13-31(29,30)25-12-10-18-4-2-3-5-19(18)15-25/h2-9,20H,10-16H2,1H3,(H,24,28). The summed E-state index contributed by atoms with van der Waals surface area (Å²) >= 11 is 0. The highest BCUT2D eigenvalue weighted by atomic mass is 32.2. The van der Waals surface area contributed by atoms with Gasteiger partial charge in [-0.05, 0) is 36.6 Å². The van der Waals surface area contributed by atoms with Crippen LogP contribution in [0.15, 0.2) is 48.5 Å². The van der Waals surface area contributed by atoms with Gasteiger partial charge in [-0.1, -0.05) is 42.0 Å². The molecule has 0 spiro atoms. The fourth-order valence-electron chi connectivity index (χ4n) is 4.14. The van der Waals surface area contributed by atoms with Crippen molar-refractivity contribution in [3.05, 3.63) is 65.2 Å². The molecule has 31 heavy (non-hydrogen) atoms. The third-order valence-corrected chi connectivity index (χ3v) is 7.81. The van der Waals surface area contributed by atoms with Gasteiger partial charge in [0.15, 0.2) is 0 Å². The highest BCUT2D eigenvalue weighted by Crippen LogP contribution is 2.25. The van der Waals surface area contributed by atoms with Crippen molar-refractivity contribution in [2.45, 2.75) is 26.3 Å². The number of aryl methyl sites for hydroxylation is 1. The molecule has 0 aromatic heterocycles. The molecule has 0 bridgehead atoms. The van der Waals surface area contributed by atoms with Crippen molar-refractivity contribution in [3.8, 4) is 0 Å². The molecule has 0 aliphatic carbocycles. The predicted octanol–water partition coefficient (Wildman–Crippen LogP) is 1.85. The van der Waals surface area contributed by atoms with Gasteiger partial charge in [0.25, 0.3) is 0 Å². The van der Waals surface area contributed by atoms with Gasteiger partial charge in [-0.2, -0.15) is 4.31 Å². The number of rotatable bonds is 6. The van der Waals surface area contributed by atoms with E-state index in [2.05, 4.69) is 5.32 Å². The Kier molecular flexibility index (Phi) is 6.11. The molecule has 4 rings (SSSR count). The Morgan fingerprint density at radius 2 is 1.81 bits per heavy atom. The van der Waals surface area contributed by atoms with Crippen LogP contribution in [0.2, 0.25) is 0 Å². The molecule has 8 heteroatoms. The van der Waals surface area contributed by atoms with Gasteiger partial charge in [-0.15, -0.1) is 0 Å². The molecule has 1 atom stereocenters. The van der Waals surface area contributed by atoms with Crippen molar-refractivity contribution in [2.24, 2.45) is 5.92 Å². The second-order valence-corrected chi connectivity index (χ2v) is 10.3. The number of carbonyl (C=O) groups excluding carboxylic acids is 2. The first-order valence-corrected chi connectivity index (χ1v) is 12.1. The number of sulfonamides is 1. The summed E-state index contributed by atoms with van der Waals surface area (Å²) in [6.45, 7) is 3.14. The van der Waals surface area contributed by atoms with Crippen LogP contribution in [-0.4, -0.2) is 49.9 Å². The van der Waals surface area contributed by atoms with Gasteiger partial charge in [0.2, 0.25) is 21.8 Å². The van der Waals surface area contributed by atoms with Gasteiger partial charge >= 0.3 is 0 Å². The lowest BCUT2D eigenvalue weighted by Gasteiger charge is -2.28. The SMILES string of the molecule is Cc1ccc(N2CC(C(=O)NCCS(=O)(=O)N3CCc4ccccc4C3)CC2=O)cc1. The Labute approximate surface area is 183 Å². The summed E-state index contributed by atoms with van der Waals surface area (Å²) in [5.41, 5.74) is 4.09. The fraction of sp³-hybridized carbons (Fsp3) is 0.391. The third-order valence-electron chi connectivity index (χ3n) is 5.99. The lowest BCUT2D eigenvalue weighted by atomic mass is 10.0. The van der Waals surface area contributed by atoms with E-state index in [0.29, 0.717) is 26.1 Å². The van der Waals surface area contributed by atoms with E-state index in [1.165, 1.54) is 9.87 Å². The topological polar surface area (TPSA) is 86.8 Å². The number of nitrogens with zero attached hydrogens (tertiary/aromatic N) is 2. The molecule has 1 N–H and O–H groups in total. The second kappa shape index (κ2) is 8.80. The Morgan fingerprint density at radius 1 is 1.10 bits per heavy atom. The number of hydrogen-bond acceptors (Lipinski definition) is 4. The molecule has 1 fully saturated rings. The van der Waals surface area contributed by atoms with E-state index in [1.807, 2.05) is 55.5 Å². The number of carbonyl (C=O) groups is 2. The van der Waals surface area contributed by atoms with Crippen LogP contribution in [0.4, 0.5) is 5.69 Å². The molecule has 1 unspecified atom stereocenters. The second-order valence-electron chi connectivity index (χ2n) is 8.20. The van der Waals surface area contributed by atoms with Crippen LogP contribution in [0.25, 0.3) is 0 Å². The van der Waals surface area contributed by atoms with Gasteiger partial charge in [0.05, 0.1) is 11.7 Å². The molecule has 0 radical (unpaired) electrons. The average molecular weight is 442 g/mol. The molecule has 2 amide bonds. The van der Waals surface area contributed by atoms with Crippen molar-refractivity contribution in [1.29, 1.82) is 0 Å². The molecular weight excluding hydrogens is 414 g/mol. The van der Waals surface area contributed by atoms with Gasteiger partial charge in [-0.25, -0.2) is 8.42 Å². The molecule has 164 valence electrons. The van der Waals surface area contributed by atoms with Crippen LogP contribution >= 0.6 is 0 Å². The molecule has 2 aliphatic rings. The number of amides is 2. The maximum absolute atomic E-state index is 12.7. The van der Waals surface area contributed by atoms with E-state index in [4.69, 9.17) is 0 Å². The Bertz CT molecular complexity index is 1080. The molecule has 2 aromatic carbocycles. The largest absolute Gasteiger partial charge is 0.355 e. The van der Waals surface area contributed by atoms with Crippen molar-refractivity contribution >= 4 is 27.5 Å². The number of benzene rings is 2. The van der Waals surface area contributed by atoms with Crippen LogP contribution in [0, 0.1) is 12.8 Å². The van der Waals surface area contributed by atoms with Crippen LogP contribution in [-0.2, 0) is 32.6 Å². The molecule has 7 nitrogen and oxygen atoms in total. The Balaban J connectivity index is 1.29. The number of anilines is 1. The van der Waals surface area contributed by atoms with Crippen LogP contribution in [0.1, 0.15) is 23.1 Å². The van der Waals surface area contributed by atoms with Gasteiger partial charge in [0.1, 0.15) is 0 Å². The van der Waals surface area contributed by atoms with E-state index < -0.39 is 15.9 Å². The number of hydrogen-bond donors (Lipinski definition) is 1. The smallest absolute Gasteiger partial charge is 0.227 e. The quantitative estimate of drug-likeness (QED) is 0.741. The van der Waals surface area contributed by atoms with Crippen molar-refractivity contribution in [2.75, 3.05) is 30.3 Å². The third kappa shape index (κ3) is 4.80. The Morgan fingerprint density at radius 3 is 2.55 bits per heavy atom. The summed E-state index contributed by atoms with van der Waals surface area (Å²) in [5, 5.41) is 2.72. The van der Waals surface area contributed by atoms with Gasteiger partial charge < -0.3 is 10.2 Å². The monoisotopic (exact) mass is 441 g/mol. The average Bonchev–Trinajstić information content (AvgIpc) is 3.15. The molecule has 2 aliphatic heterocycles. The minimum atomic E-state index is -3.47. The highest BCUT2D eigenvalue weighted by Gasteiger charge is 2.35. The summed E-state index contributed by atoms with van der Waals surface area (Å²) in [6, 6.07) is 15.5. The lowest BCUT2D eigenvalue weighted by molar-refractivity contribution is -0.126. The first-order chi connectivity index (χ1) is 14.8. The normalized spacial score (nSPS) is 19.3. The van der Waals surface area contributed by atoms with Crippen molar-refractivity contribution in [1.82, 2.24) is 9.62 Å². The van der Waals surface area contributed by atoms with E-state index in [9.17, 15) is 18.0 Å².